The van der Waals surface area contributed by atoms with E-state index in [-0.39, 0.29) is 12.5 Å². The summed E-state index contributed by atoms with van der Waals surface area (Å²) in [4.78, 5) is 11.7. The zero-order valence-electron chi connectivity index (χ0n) is 13.4. The fourth-order valence-corrected chi connectivity index (χ4v) is 2.21. The molecule has 0 saturated heterocycles. The van der Waals surface area contributed by atoms with E-state index in [0.29, 0.717) is 21.7 Å². The Labute approximate surface area is 151 Å². The van der Waals surface area contributed by atoms with Crippen LogP contribution in [0.2, 0.25) is 10.0 Å². The summed E-state index contributed by atoms with van der Waals surface area (Å²) in [5, 5.41) is 4.75. The molecule has 0 aliphatic rings. The second kappa shape index (κ2) is 8.71. The Morgan fingerprint density at radius 3 is 2.50 bits per heavy atom. The third kappa shape index (κ3) is 5.55. The summed E-state index contributed by atoms with van der Waals surface area (Å²) in [5.74, 6) is 0.750. The predicted molar refractivity (Wildman–Crippen MR) is 98.2 cm³/mol. The number of hydrogen-bond donors (Lipinski definition) is 1. The average Bonchev–Trinajstić information content (AvgIpc) is 2.56. The minimum atomic E-state index is -0.348. The first kappa shape index (κ1) is 18.3. The first-order valence-electron chi connectivity index (χ1n) is 7.45. The molecule has 4 nitrogen and oxygen atoms in total. The Balaban J connectivity index is 1.80. The maximum Gasteiger partial charge on any atom is 0.277 e. The standard InChI is InChI=1S/C18H18Cl2N2O2/c1-12(2)14-4-6-15(7-5-14)24-11-18(23)22-21-10-13-3-8-16(19)17(20)9-13/h3-10,12H,11H2,1-2H3,(H,22,23)/b21-10-. The van der Waals surface area contributed by atoms with Crippen molar-refractivity contribution in [3.8, 4) is 5.75 Å². The first-order valence-corrected chi connectivity index (χ1v) is 8.21. The summed E-state index contributed by atoms with van der Waals surface area (Å²) in [6, 6.07) is 12.7. The maximum absolute atomic E-state index is 11.7. The van der Waals surface area contributed by atoms with Crippen LogP contribution in [0.15, 0.2) is 47.6 Å². The van der Waals surface area contributed by atoms with E-state index in [2.05, 4.69) is 24.4 Å². The molecule has 0 spiro atoms. The smallest absolute Gasteiger partial charge is 0.277 e. The molecule has 1 N–H and O–H groups in total. The Hall–Kier alpha value is -2.04. The van der Waals surface area contributed by atoms with Crippen LogP contribution < -0.4 is 10.2 Å². The fourth-order valence-electron chi connectivity index (χ4n) is 1.90. The van der Waals surface area contributed by atoms with Gasteiger partial charge in [0.2, 0.25) is 0 Å². The maximum atomic E-state index is 11.7. The van der Waals surface area contributed by atoms with Crippen LogP contribution in [0.25, 0.3) is 0 Å². The lowest BCUT2D eigenvalue weighted by Crippen LogP contribution is -2.24. The van der Waals surface area contributed by atoms with Crippen molar-refractivity contribution in [3.05, 3.63) is 63.6 Å². The molecular formula is C18H18Cl2N2O2. The highest BCUT2D eigenvalue weighted by molar-refractivity contribution is 6.42. The van der Waals surface area contributed by atoms with Crippen LogP contribution in [-0.2, 0) is 4.79 Å². The highest BCUT2D eigenvalue weighted by atomic mass is 35.5. The van der Waals surface area contributed by atoms with Gasteiger partial charge in [-0.1, -0.05) is 55.2 Å². The number of nitrogens with zero attached hydrogens (tertiary/aromatic N) is 1. The van der Waals surface area contributed by atoms with Gasteiger partial charge < -0.3 is 4.74 Å². The van der Waals surface area contributed by atoms with Gasteiger partial charge in [-0.2, -0.15) is 5.10 Å². The summed E-state index contributed by atoms with van der Waals surface area (Å²) in [5.41, 5.74) is 4.35. The molecule has 0 aliphatic heterocycles. The van der Waals surface area contributed by atoms with Crippen molar-refractivity contribution in [3.63, 3.8) is 0 Å². The molecule has 6 heteroatoms. The molecule has 1 amide bonds. The lowest BCUT2D eigenvalue weighted by atomic mass is 10.0. The predicted octanol–water partition coefficient (Wildman–Crippen LogP) is 4.65. The van der Waals surface area contributed by atoms with Gasteiger partial charge in [0.05, 0.1) is 16.3 Å². The van der Waals surface area contributed by atoms with Gasteiger partial charge in [0.25, 0.3) is 5.91 Å². The zero-order valence-corrected chi connectivity index (χ0v) is 14.9. The lowest BCUT2D eigenvalue weighted by Gasteiger charge is -2.08. The Morgan fingerprint density at radius 2 is 1.88 bits per heavy atom. The molecule has 0 aromatic heterocycles. The number of amides is 1. The Kier molecular flexibility index (Phi) is 6.64. The van der Waals surface area contributed by atoms with Crippen LogP contribution in [0.1, 0.15) is 30.9 Å². The molecule has 24 heavy (non-hydrogen) atoms. The summed E-state index contributed by atoms with van der Waals surface area (Å²) >= 11 is 11.7. The van der Waals surface area contributed by atoms with E-state index in [9.17, 15) is 4.79 Å². The van der Waals surface area contributed by atoms with Gasteiger partial charge in [-0.3, -0.25) is 4.79 Å². The largest absolute Gasteiger partial charge is 0.484 e. The van der Waals surface area contributed by atoms with Crippen LogP contribution in [0.5, 0.6) is 5.75 Å². The van der Waals surface area contributed by atoms with Crippen molar-refractivity contribution in [2.24, 2.45) is 5.10 Å². The lowest BCUT2D eigenvalue weighted by molar-refractivity contribution is -0.123. The number of hydrazone groups is 1. The number of hydrogen-bond acceptors (Lipinski definition) is 3. The van der Waals surface area contributed by atoms with E-state index in [4.69, 9.17) is 27.9 Å². The zero-order chi connectivity index (χ0) is 17.5. The van der Waals surface area contributed by atoms with Crippen LogP contribution in [-0.4, -0.2) is 18.7 Å². The normalized spacial score (nSPS) is 11.0. The van der Waals surface area contributed by atoms with E-state index in [1.54, 1.807) is 18.2 Å². The van der Waals surface area contributed by atoms with Crippen molar-refractivity contribution in [1.82, 2.24) is 5.43 Å². The van der Waals surface area contributed by atoms with Crippen LogP contribution >= 0.6 is 23.2 Å². The van der Waals surface area contributed by atoms with E-state index < -0.39 is 0 Å². The molecule has 0 bridgehead atoms. The molecule has 0 heterocycles. The van der Waals surface area contributed by atoms with Gasteiger partial charge in [0.15, 0.2) is 6.61 Å². The van der Waals surface area contributed by atoms with E-state index in [1.807, 2.05) is 24.3 Å². The minimum Gasteiger partial charge on any atom is -0.484 e. The van der Waals surface area contributed by atoms with Crippen molar-refractivity contribution in [2.45, 2.75) is 19.8 Å². The summed E-state index contributed by atoms with van der Waals surface area (Å²) in [6.07, 6.45) is 1.48. The molecule has 0 unspecified atom stereocenters. The van der Waals surface area contributed by atoms with Gasteiger partial charge in [0, 0.05) is 0 Å². The molecule has 126 valence electrons. The van der Waals surface area contributed by atoms with Gasteiger partial charge in [-0.05, 0) is 41.3 Å². The number of halogens is 2. The molecule has 2 rings (SSSR count). The number of ether oxygens (including phenoxy) is 1. The highest BCUT2D eigenvalue weighted by Crippen LogP contribution is 2.21. The molecular weight excluding hydrogens is 347 g/mol. The summed E-state index contributed by atoms with van der Waals surface area (Å²) in [6.45, 7) is 4.13. The minimum absolute atomic E-state index is 0.111. The van der Waals surface area contributed by atoms with Gasteiger partial charge in [0.1, 0.15) is 5.75 Å². The molecule has 0 saturated carbocycles. The van der Waals surface area contributed by atoms with Gasteiger partial charge in [-0.25, -0.2) is 5.43 Å². The molecule has 2 aromatic rings. The first-order chi connectivity index (χ1) is 11.5. The van der Waals surface area contributed by atoms with Crippen LogP contribution in [0.3, 0.4) is 0 Å². The number of carbonyl (C=O) groups is 1. The molecule has 0 radical (unpaired) electrons. The topological polar surface area (TPSA) is 50.7 Å². The third-order valence-corrected chi connectivity index (χ3v) is 4.00. The van der Waals surface area contributed by atoms with Gasteiger partial charge >= 0.3 is 0 Å². The van der Waals surface area contributed by atoms with E-state index in [0.717, 1.165) is 5.56 Å². The quantitative estimate of drug-likeness (QED) is 0.599. The Morgan fingerprint density at radius 1 is 1.17 bits per heavy atom. The number of rotatable bonds is 6. The molecule has 0 fully saturated rings. The average molecular weight is 365 g/mol. The van der Waals surface area contributed by atoms with E-state index >= 15 is 0 Å². The Bertz CT molecular complexity index is 728. The van der Waals surface area contributed by atoms with Gasteiger partial charge in [-0.15, -0.1) is 0 Å². The monoisotopic (exact) mass is 364 g/mol. The summed E-state index contributed by atoms with van der Waals surface area (Å²) < 4.78 is 5.42. The summed E-state index contributed by atoms with van der Waals surface area (Å²) in [7, 11) is 0. The fraction of sp³-hybridized carbons (Fsp3) is 0.222. The van der Waals surface area contributed by atoms with Crippen LogP contribution in [0.4, 0.5) is 0 Å². The second-order valence-corrected chi connectivity index (χ2v) is 6.29. The SMILES string of the molecule is CC(C)c1ccc(OCC(=O)N/N=C\c2ccc(Cl)c(Cl)c2)cc1. The highest BCUT2D eigenvalue weighted by Gasteiger charge is 2.03. The van der Waals surface area contributed by atoms with Crippen molar-refractivity contribution in [2.75, 3.05) is 6.61 Å². The molecule has 0 atom stereocenters. The van der Waals surface area contributed by atoms with Crippen LogP contribution in [0, 0.1) is 0 Å². The van der Waals surface area contributed by atoms with Crippen molar-refractivity contribution >= 4 is 35.3 Å². The number of nitrogens with one attached hydrogen (secondary N) is 1. The van der Waals surface area contributed by atoms with Crippen molar-refractivity contribution in [1.29, 1.82) is 0 Å². The molecule has 2 aromatic carbocycles. The number of benzene rings is 2. The second-order valence-electron chi connectivity index (χ2n) is 5.48. The third-order valence-electron chi connectivity index (χ3n) is 3.26. The number of carbonyl (C=O) groups excluding carboxylic acids is 1. The molecule has 0 aliphatic carbocycles. The van der Waals surface area contributed by atoms with Crippen molar-refractivity contribution < 1.29 is 9.53 Å². The van der Waals surface area contributed by atoms with E-state index in [1.165, 1.54) is 11.8 Å².